The number of alkyl halides is 3. The first-order valence-electron chi connectivity index (χ1n) is 4.19. The molecule has 0 atom stereocenters. The van der Waals surface area contributed by atoms with E-state index in [-0.39, 0.29) is 4.47 Å². The van der Waals surface area contributed by atoms with Crippen molar-refractivity contribution in [2.75, 3.05) is 0 Å². The van der Waals surface area contributed by atoms with Crippen LogP contribution in [-0.2, 0) is 6.18 Å². The zero-order chi connectivity index (χ0) is 12.0. The summed E-state index contributed by atoms with van der Waals surface area (Å²) in [5.41, 5.74) is -1.29. The van der Waals surface area contributed by atoms with Crippen LogP contribution in [0.15, 0.2) is 27.1 Å². The van der Waals surface area contributed by atoms with E-state index in [2.05, 4.69) is 31.9 Å². The molecule has 0 aliphatic carbocycles. The van der Waals surface area contributed by atoms with Crippen LogP contribution in [0.3, 0.4) is 0 Å². The Kier molecular flexibility index (Phi) is 1.81. The molecule has 0 aliphatic heterocycles. The molecule has 5 heteroatoms. The second-order valence-electron chi connectivity index (χ2n) is 1.88. The minimum Gasteiger partial charge on any atom is -0.166 e. The summed E-state index contributed by atoms with van der Waals surface area (Å²) in [6, 6.07) is -2.07. The molecule has 1 aromatic carbocycles. The van der Waals surface area contributed by atoms with Crippen LogP contribution in [0.5, 0.6) is 0 Å². The minimum atomic E-state index is -4.75. The molecule has 0 N–H and O–H groups in total. The molecule has 0 radical (unpaired) electrons. The molecule has 0 unspecified atom stereocenters. The molecule has 0 saturated carbocycles. The molecule has 0 nitrogen and oxygen atoms in total. The van der Waals surface area contributed by atoms with Gasteiger partial charge in [-0.3, -0.25) is 0 Å². The van der Waals surface area contributed by atoms with E-state index in [9.17, 15) is 13.2 Å². The Morgan fingerprint density at radius 3 is 2.33 bits per heavy atom. The Bertz CT molecular complexity index is 388. The molecular formula is C7H3Br2F3. The zero-order valence-electron chi connectivity index (χ0n) is 8.39. The van der Waals surface area contributed by atoms with Crippen molar-refractivity contribution >= 4 is 31.9 Å². The molecule has 1 rings (SSSR count). The first-order valence-corrected chi connectivity index (χ1v) is 4.28. The zero-order valence-corrected chi connectivity index (χ0v) is 8.56. The van der Waals surface area contributed by atoms with Crippen molar-refractivity contribution in [2.24, 2.45) is 0 Å². The topological polar surface area (TPSA) is 0 Å². The molecule has 0 spiro atoms. The normalized spacial score (nSPS) is 15.2. The Morgan fingerprint density at radius 2 is 1.83 bits per heavy atom. The summed E-state index contributed by atoms with van der Waals surface area (Å²) in [6.07, 6.45) is -4.75. The molecule has 66 valence electrons. The molecule has 0 fully saturated rings. The Balaban J connectivity index is 3.68. The van der Waals surface area contributed by atoms with E-state index in [1.807, 2.05) is 0 Å². The quantitative estimate of drug-likeness (QED) is 0.673. The van der Waals surface area contributed by atoms with E-state index in [1.54, 1.807) is 0 Å². The second kappa shape index (κ2) is 3.38. The summed E-state index contributed by atoms with van der Waals surface area (Å²) in [6.45, 7) is 0. The maximum Gasteiger partial charge on any atom is 0.417 e. The Morgan fingerprint density at radius 1 is 1.25 bits per heavy atom. The fourth-order valence-electron chi connectivity index (χ4n) is 0.558. The highest BCUT2D eigenvalue weighted by Gasteiger charge is 2.32. The van der Waals surface area contributed by atoms with Gasteiger partial charge in [0.05, 0.1) is 9.68 Å². The van der Waals surface area contributed by atoms with Crippen LogP contribution in [0.2, 0.25) is 0 Å². The van der Waals surface area contributed by atoms with Gasteiger partial charge in [-0.25, -0.2) is 0 Å². The summed E-state index contributed by atoms with van der Waals surface area (Å²) in [5.74, 6) is 0. The molecule has 1 aromatic rings. The highest BCUT2D eigenvalue weighted by atomic mass is 79.9. The highest BCUT2D eigenvalue weighted by Crippen LogP contribution is 2.35. The van der Waals surface area contributed by atoms with Crippen LogP contribution in [0.4, 0.5) is 13.2 Å². The number of halogens is 5. The van der Waals surface area contributed by atoms with Crippen molar-refractivity contribution < 1.29 is 17.3 Å². The maximum atomic E-state index is 12.5. The predicted molar refractivity (Wildman–Crippen MR) is 46.8 cm³/mol. The summed E-state index contributed by atoms with van der Waals surface area (Å²) in [4.78, 5) is 0. The molecule has 0 aliphatic rings. The van der Waals surface area contributed by atoms with Gasteiger partial charge in [0.2, 0.25) is 0 Å². The average Bonchev–Trinajstić information content (AvgIpc) is 2.09. The first-order chi connectivity index (χ1) is 6.68. The van der Waals surface area contributed by atoms with Crippen molar-refractivity contribution in [3.63, 3.8) is 0 Å². The SMILES string of the molecule is [2H]c1c([2H])c(C(F)(F)F)c(Br)c([2H])c1Br. The first kappa shape index (κ1) is 6.43. The number of hydrogen-bond donors (Lipinski definition) is 0. The standard InChI is InChI=1S/C7H3Br2F3/c8-4-1-2-5(6(9)3-4)7(10,11)12/h1-3H/i1D,2D,3D. The third-order valence-electron chi connectivity index (χ3n) is 1.02. The maximum absolute atomic E-state index is 12.5. The van der Waals surface area contributed by atoms with Gasteiger partial charge in [-0.2, -0.15) is 13.2 Å². The van der Waals surface area contributed by atoms with Crippen molar-refractivity contribution in [1.82, 2.24) is 0 Å². The molecule has 0 amide bonds. The van der Waals surface area contributed by atoms with E-state index in [1.165, 1.54) is 0 Å². The van der Waals surface area contributed by atoms with Crippen LogP contribution in [0, 0.1) is 0 Å². The van der Waals surface area contributed by atoms with Gasteiger partial charge in [0, 0.05) is 8.95 Å². The van der Waals surface area contributed by atoms with E-state index in [0.29, 0.717) is 0 Å². The smallest absolute Gasteiger partial charge is 0.166 e. The van der Waals surface area contributed by atoms with Gasteiger partial charge in [-0.15, -0.1) is 0 Å². The monoisotopic (exact) mass is 305 g/mol. The van der Waals surface area contributed by atoms with Gasteiger partial charge in [-0.1, -0.05) is 31.9 Å². The number of rotatable bonds is 0. The summed E-state index contributed by atoms with van der Waals surface area (Å²) < 4.78 is 58.5. The molecule has 0 bridgehead atoms. The third kappa shape index (κ3) is 2.23. The fourth-order valence-corrected chi connectivity index (χ4v) is 1.64. The van der Waals surface area contributed by atoms with Crippen LogP contribution in [0.25, 0.3) is 0 Å². The van der Waals surface area contributed by atoms with Crippen molar-refractivity contribution in [3.05, 3.63) is 32.6 Å². The van der Waals surface area contributed by atoms with E-state index >= 15 is 0 Å². The van der Waals surface area contributed by atoms with Crippen molar-refractivity contribution in [3.8, 4) is 0 Å². The molecule has 12 heavy (non-hydrogen) atoms. The van der Waals surface area contributed by atoms with Gasteiger partial charge in [0.15, 0.2) is 0 Å². The lowest BCUT2D eigenvalue weighted by atomic mass is 10.2. The van der Waals surface area contributed by atoms with E-state index < -0.39 is 34.3 Å². The highest BCUT2D eigenvalue weighted by molar-refractivity contribution is 9.11. The molecule has 0 saturated heterocycles. The van der Waals surface area contributed by atoms with E-state index in [4.69, 9.17) is 4.11 Å². The predicted octanol–water partition coefficient (Wildman–Crippen LogP) is 4.23. The fraction of sp³-hybridized carbons (Fsp3) is 0.143. The molecule has 0 aromatic heterocycles. The van der Waals surface area contributed by atoms with Crippen LogP contribution in [-0.4, -0.2) is 0 Å². The minimum absolute atomic E-state index is 0.132. The number of benzene rings is 1. The van der Waals surface area contributed by atoms with Gasteiger partial charge >= 0.3 is 6.18 Å². The molecule has 0 heterocycles. The summed E-state index contributed by atoms with van der Waals surface area (Å²) in [7, 11) is 0. The largest absolute Gasteiger partial charge is 0.417 e. The van der Waals surface area contributed by atoms with Crippen LogP contribution in [0.1, 0.15) is 9.68 Å². The van der Waals surface area contributed by atoms with E-state index in [0.717, 1.165) is 0 Å². The van der Waals surface area contributed by atoms with Gasteiger partial charge in [0.25, 0.3) is 0 Å². The average molecular weight is 307 g/mol. The van der Waals surface area contributed by atoms with Gasteiger partial charge in [-0.05, 0) is 18.1 Å². The Labute approximate surface area is 88.2 Å². The number of hydrogen-bond acceptors (Lipinski definition) is 0. The van der Waals surface area contributed by atoms with Crippen LogP contribution >= 0.6 is 31.9 Å². The molecular weight excluding hydrogens is 301 g/mol. The van der Waals surface area contributed by atoms with Crippen molar-refractivity contribution in [1.29, 1.82) is 0 Å². The summed E-state index contributed by atoms with van der Waals surface area (Å²) >= 11 is 5.40. The lowest BCUT2D eigenvalue weighted by Gasteiger charge is -2.08. The van der Waals surface area contributed by atoms with Crippen molar-refractivity contribution in [2.45, 2.75) is 6.18 Å². The lowest BCUT2D eigenvalue weighted by molar-refractivity contribution is -0.138. The third-order valence-corrected chi connectivity index (χ3v) is 2.01. The second-order valence-corrected chi connectivity index (χ2v) is 3.46. The Hall–Kier alpha value is -0.0300. The van der Waals surface area contributed by atoms with Crippen LogP contribution < -0.4 is 0 Å². The van der Waals surface area contributed by atoms with Gasteiger partial charge < -0.3 is 0 Å². The summed E-state index contributed by atoms with van der Waals surface area (Å²) in [5, 5.41) is 0. The lowest BCUT2D eigenvalue weighted by Crippen LogP contribution is -2.05. The van der Waals surface area contributed by atoms with Gasteiger partial charge in [0.1, 0.15) is 0 Å².